The molecule has 0 aliphatic heterocycles. The van der Waals surface area contributed by atoms with Gasteiger partial charge in [0, 0.05) is 35.4 Å². The van der Waals surface area contributed by atoms with Crippen molar-refractivity contribution in [3.63, 3.8) is 0 Å². The van der Waals surface area contributed by atoms with Crippen LogP contribution in [0.15, 0.2) is 78.9 Å². The molecule has 0 aliphatic rings. The van der Waals surface area contributed by atoms with E-state index in [-0.39, 0.29) is 23.3 Å². The summed E-state index contributed by atoms with van der Waals surface area (Å²) in [6.45, 7) is 0. The Balaban J connectivity index is 1.51. The summed E-state index contributed by atoms with van der Waals surface area (Å²) in [5, 5.41) is 6.46. The van der Waals surface area contributed by atoms with E-state index < -0.39 is 0 Å². The molecular formula is C24H22ClN3O2S. The SMILES string of the molecule is CN(C(=O)c1ccc(NC(=S)NC(=O)CCc2ccccc2Cl)cc1)c1ccccc1. The van der Waals surface area contributed by atoms with Gasteiger partial charge in [-0.05, 0) is 66.7 Å². The number of benzene rings is 3. The lowest BCUT2D eigenvalue weighted by Crippen LogP contribution is -2.34. The van der Waals surface area contributed by atoms with E-state index in [2.05, 4.69) is 10.6 Å². The topological polar surface area (TPSA) is 61.4 Å². The number of halogens is 1. The fraction of sp³-hybridized carbons (Fsp3) is 0.125. The van der Waals surface area contributed by atoms with Gasteiger partial charge in [-0.2, -0.15) is 0 Å². The van der Waals surface area contributed by atoms with Gasteiger partial charge >= 0.3 is 0 Å². The van der Waals surface area contributed by atoms with Gasteiger partial charge in [0.15, 0.2) is 5.11 Å². The van der Waals surface area contributed by atoms with Gasteiger partial charge < -0.3 is 15.5 Å². The van der Waals surface area contributed by atoms with E-state index in [0.717, 1.165) is 11.3 Å². The lowest BCUT2D eigenvalue weighted by Gasteiger charge is -2.17. The number of thiocarbonyl (C=S) groups is 1. The molecule has 0 atom stereocenters. The average molecular weight is 452 g/mol. The largest absolute Gasteiger partial charge is 0.332 e. The molecule has 0 bridgehead atoms. The van der Waals surface area contributed by atoms with E-state index in [1.165, 1.54) is 0 Å². The van der Waals surface area contributed by atoms with E-state index in [1.807, 2.05) is 48.5 Å². The Kier molecular flexibility index (Phi) is 7.76. The highest BCUT2D eigenvalue weighted by atomic mass is 35.5. The zero-order valence-electron chi connectivity index (χ0n) is 17.0. The van der Waals surface area contributed by atoms with Crippen LogP contribution >= 0.6 is 23.8 Å². The highest BCUT2D eigenvalue weighted by Crippen LogP contribution is 2.18. The Labute approximate surface area is 192 Å². The van der Waals surface area contributed by atoms with Gasteiger partial charge in [-0.1, -0.05) is 48.0 Å². The molecule has 0 saturated heterocycles. The van der Waals surface area contributed by atoms with Crippen molar-refractivity contribution in [3.05, 3.63) is 95.0 Å². The Morgan fingerprint density at radius 3 is 2.26 bits per heavy atom. The predicted molar refractivity (Wildman–Crippen MR) is 130 cm³/mol. The zero-order valence-corrected chi connectivity index (χ0v) is 18.5. The minimum Gasteiger partial charge on any atom is -0.332 e. The monoisotopic (exact) mass is 451 g/mol. The number of nitrogens with zero attached hydrogens (tertiary/aromatic N) is 1. The first kappa shape index (κ1) is 22.5. The summed E-state index contributed by atoms with van der Waals surface area (Å²) in [4.78, 5) is 26.4. The summed E-state index contributed by atoms with van der Waals surface area (Å²) in [6, 6.07) is 23.8. The van der Waals surface area contributed by atoms with Crippen LogP contribution in [-0.4, -0.2) is 24.0 Å². The van der Waals surface area contributed by atoms with Crippen LogP contribution in [-0.2, 0) is 11.2 Å². The van der Waals surface area contributed by atoms with E-state index in [0.29, 0.717) is 22.7 Å². The van der Waals surface area contributed by atoms with Crippen molar-refractivity contribution < 1.29 is 9.59 Å². The van der Waals surface area contributed by atoms with Crippen LogP contribution in [0.4, 0.5) is 11.4 Å². The minimum atomic E-state index is -0.200. The van der Waals surface area contributed by atoms with Crippen molar-refractivity contribution >= 4 is 52.1 Å². The van der Waals surface area contributed by atoms with Gasteiger partial charge in [0.25, 0.3) is 5.91 Å². The molecule has 7 heteroatoms. The first-order valence-corrected chi connectivity index (χ1v) is 10.5. The lowest BCUT2D eigenvalue weighted by atomic mass is 10.1. The third kappa shape index (κ3) is 6.38. The number of para-hydroxylation sites is 1. The number of carbonyl (C=O) groups excluding carboxylic acids is 2. The highest BCUT2D eigenvalue weighted by molar-refractivity contribution is 7.80. The zero-order chi connectivity index (χ0) is 22.2. The Bertz CT molecular complexity index is 1070. The number of aryl methyl sites for hydroxylation is 1. The van der Waals surface area contributed by atoms with Gasteiger partial charge in [0.1, 0.15) is 0 Å². The number of hydrogen-bond donors (Lipinski definition) is 2. The Morgan fingerprint density at radius 1 is 0.935 bits per heavy atom. The first-order chi connectivity index (χ1) is 14.9. The molecule has 0 aromatic heterocycles. The summed E-state index contributed by atoms with van der Waals surface area (Å²) in [7, 11) is 1.73. The molecule has 0 spiro atoms. The molecule has 0 aliphatic carbocycles. The standard InChI is InChI=1S/C24H22ClN3O2S/c1-28(20-8-3-2-4-9-20)23(30)18-11-14-19(15-12-18)26-24(31)27-22(29)16-13-17-7-5-6-10-21(17)25/h2-12,14-15H,13,16H2,1H3,(H2,26,27,29,31). The molecule has 2 amide bonds. The first-order valence-electron chi connectivity index (χ1n) is 9.71. The molecular weight excluding hydrogens is 430 g/mol. The molecule has 0 fully saturated rings. The summed E-state index contributed by atoms with van der Waals surface area (Å²) in [5.74, 6) is -0.318. The van der Waals surface area contributed by atoms with E-state index >= 15 is 0 Å². The Hall–Kier alpha value is -3.22. The summed E-state index contributed by atoms with van der Waals surface area (Å²) in [6.07, 6.45) is 0.796. The van der Waals surface area contributed by atoms with Gasteiger partial charge in [0.05, 0.1) is 0 Å². The maximum absolute atomic E-state index is 12.7. The molecule has 3 aromatic carbocycles. The number of rotatable bonds is 6. The average Bonchev–Trinajstić information content (AvgIpc) is 2.78. The fourth-order valence-electron chi connectivity index (χ4n) is 2.96. The molecule has 0 saturated carbocycles. The maximum atomic E-state index is 12.7. The molecule has 3 aromatic rings. The van der Waals surface area contributed by atoms with Crippen LogP contribution in [0.1, 0.15) is 22.3 Å². The second-order valence-electron chi connectivity index (χ2n) is 6.87. The summed E-state index contributed by atoms with van der Waals surface area (Å²) < 4.78 is 0. The van der Waals surface area contributed by atoms with Crippen LogP contribution in [0.3, 0.4) is 0 Å². The van der Waals surface area contributed by atoms with Gasteiger partial charge in [-0.15, -0.1) is 0 Å². The normalized spacial score (nSPS) is 10.3. The van der Waals surface area contributed by atoms with Crippen molar-refractivity contribution in [1.82, 2.24) is 5.32 Å². The van der Waals surface area contributed by atoms with Crippen molar-refractivity contribution in [2.24, 2.45) is 0 Å². The molecule has 0 radical (unpaired) electrons. The molecule has 3 rings (SSSR count). The van der Waals surface area contributed by atoms with Crippen LogP contribution < -0.4 is 15.5 Å². The van der Waals surface area contributed by atoms with E-state index in [4.69, 9.17) is 23.8 Å². The molecule has 0 heterocycles. The number of amides is 2. The summed E-state index contributed by atoms with van der Waals surface area (Å²) >= 11 is 11.3. The van der Waals surface area contributed by atoms with Gasteiger partial charge in [0.2, 0.25) is 5.91 Å². The second kappa shape index (κ2) is 10.7. The lowest BCUT2D eigenvalue weighted by molar-refractivity contribution is -0.119. The number of hydrogen-bond acceptors (Lipinski definition) is 3. The van der Waals surface area contributed by atoms with Crippen molar-refractivity contribution in [2.45, 2.75) is 12.8 Å². The van der Waals surface area contributed by atoms with E-state index in [9.17, 15) is 9.59 Å². The van der Waals surface area contributed by atoms with Crippen LogP contribution in [0.25, 0.3) is 0 Å². The minimum absolute atomic E-state index is 0.117. The number of anilines is 2. The van der Waals surface area contributed by atoms with Gasteiger partial charge in [-0.3, -0.25) is 9.59 Å². The van der Waals surface area contributed by atoms with Crippen LogP contribution in [0, 0.1) is 0 Å². The smallest absolute Gasteiger partial charge is 0.258 e. The molecule has 31 heavy (non-hydrogen) atoms. The third-order valence-corrected chi connectivity index (χ3v) is 5.24. The maximum Gasteiger partial charge on any atom is 0.258 e. The van der Waals surface area contributed by atoms with Crippen molar-refractivity contribution in [2.75, 3.05) is 17.3 Å². The third-order valence-electron chi connectivity index (χ3n) is 4.67. The Morgan fingerprint density at radius 2 is 1.58 bits per heavy atom. The quantitative estimate of drug-likeness (QED) is 0.514. The number of carbonyl (C=O) groups is 2. The van der Waals surface area contributed by atoms with Gasteiger partial charge in [-0.25, -0.2) is 0 Å². The van der Waals surface area contributed by atoms with Crippen LogP contribution in [0.2, 0.25) is 5.02 Å². The molecule has 158 valence electrons. The van der Waals surface area contributed by atoms with Crippen molar-refractivity contribution in [3.8, 4) is 0 Å². The summed E-state index contributed by atoms with van der Waals surface area (Å²) in [5.41, 5.74) is 2.95. The molecule has 5 nitrogen and oxygen atoms in total. The number of nitrogens with one attached hydrogen (secondary N) is 2. The van der Waals surface area contributed by atoms with E-state index in [1.54, 1.807) is 42.3 Å². The second-order valence-corrected chi connectivity index (χ2v) is 7.69. The molecule has 2 N–H and O–H groups in total. The highest BCUT2D eigenvalue weighted by Gasteiger charge is 2.13. The van der Waals surface area contributed by atoms with Crippen LogP contribution in [0.5, 0.6) is 0 Å². The predicted octanol–water partition coefficient (Wildman–Crippen LogP) is 5.06. The molecule has 0 unspecified atom stereocenters. The van der Waals surface area contributed by atoms with Crippen molar-refractivity contribution in [1.29, 1.82) is 0 Å². The fourth-order valence-corrected chi connectivity index (χ4v) is 3.42.